The lowest BCUT2D eigenvalue weighted by molar-refractivity contribution is -0.104. The second-order valence-corrected chi connectivity index (χ2v) is 4.93. The zero-order valence-corrected chi connectivity index (χ0v) is 13.9. The molecule has 0 aromatic carbocycles. The second kappa shape index (κ2) is 10.7. The molecule has 0 saturated heterocycles. The fraction of sp³-hybridized carbons (Fsp3) is 0.389. The van der Waals surface area contributed by atoms with Gasteiger partial charge in [-0.05, 0) is 45.3 Å². The van der Waals surface area contributed by atoms with Crippen LogP contribution in [-0.2, 0) is 4.79 Å². The van der Waals surface area contributed by atoms with E-state index in [1.165, 1.54) is 0 Å². The first-order valence-electron chi connectivity index (χ1n) is 7.29. The molecule has 0 amide bonds. The molecule has 21 heavy (non-hydrogen) atoms. The monoisotopic (exact) mass is 288 g/mol. The van der Waals surface area contributed by atoms with Gasteiger partial charge in [0.25, 0.3) is 0 Å². The Kier molecular flexibility index (Phi) is 9.69. The van der Waals surface area contributed by atoms with Crippen molar-refractivity contribution in [1.82, 2.24) is 5.32 Å². The van der Waals surface area contributed by atoms with E-state index >= 15 is 0 Å². The fourth-order valence-corrected chi connectivity index (χ4v) is 1.90. The molecule has 3 heteroatoms. The molecule has 0 saturated carbocycles. The van der Waals surface area contributed by atoms with Gasteiger partial charge in [-0.25, -0.2) is 0 Å². The summed E-state index contributed by atoms with van der Waals surface area (Å²) < 4.78 is 0. The number of carbonyl (C=O) groups excluding carboxylic acids is 1. The predicted octanol–water partition coefficient (Wildman–Crippen LogP) is 3.77. The first-order valence-corrected chi connectivity index (χ1v) is 7.29. The molecular formula is C18H28N2O. The molecule has 116 valence electrons. The Morgan fingerprint density at radius 1 is 1.29 bits per heavy atom. The Morgan fingerprint density at radius 2 is 1.95 bits per heavy atom. The number of hydrogen-bond acceptors (Lipinski definition) is 3. The van der Waals surface area contributed by atoms with E-state index in [1.807, 2.05) is 58.2 Å². The lowest BCUT2D eigenvalue weighted by Gasteiger charge is -2.10. The molecule has 0 fully saturated rings. The highest BCUT2D eigenvalue weighted by Crippen LogP contribution is 2.12. The average Bonchev–Trinajstić information content (AvgIpc) is 2.46. The van der Waals surface area contributed by atoms with Crippen molar-refractivity contribution in [2.24, 2.45) is 5.73 Å². The molecule has 0 radical (unpaired) electrons. The molecule has 0 rings (SSSR count). The molecule has 0 aliphatic rings. The van der Waals surface area contributed by atoms with E-state index in [4.69, 9.17) is 5.73 Å². The van der Waals surface area contributed by atoms with E-state index in [2.05, 4.69) is 12.2 Å². The molecule has 0 unspecified atom stereocenters. The van der Waals surface area contributed by atoms with Gasteiger partial charge in [-0.3, -0.25) is 4.79 Å². The molecule has 0 atom stereocenters. The summed E-state index contributed by atoms with van der Waals surface area (Å²) >= 11 is 0. The van der Waals surface area contributed by atoms with Gasteiger partial charge in [0.05, 0.1) is 11.4 Å². The number of nitrogens with one attached hydrogen (secondary N) is 1. The van der Waals surface area contributed by atoms with E-state index in [-0.39, 0.29) is 0 Å². The summed E-state index contributed by atoms with van der Waals surface area (Å²) in [7, 11) is 1.85. The van der Waals surface area contributed by atoms with E-state index in [0.29, 0.717) is 12.0 Å². The normalized spacial score (nSPS) is 14.0. The maximum atomic E-state index is 10.9. The highest BCUT2D eigenvalue weighted by atomic mass is 16.1. The van der Waals surface area contributed by atoms with Crippen molar-refractivity contribution in [1.29, 1.82) is 0 Å². The predicted molar refractivity (Wildman–Crippen MR) is 91.7 cm³/mol. The highest BCUT2D eigenvalue weighted by Gasteiger charge is 2.02. The van der Waals surface area contributed by atoms with Crippen molar-refractivity contribution >= 4 is 6.29 Å². The van der Waals surface area contributed by atoms with Crippen molar-refractivity contribution < 1.29 is 4.79 Å². The molecule has 0 spiro atoms. The Labute approximate surface area is 129 Å². The molecule has 0 bridgehead atoms. The maximum Gasteiger partial charge on any atom is 0.149 e. The van der Waals surface area contributed by atoms with Gasteiger partial charge in [0.2, 0.25) is 0 Å². The minimum absolute atomic E-state index is 0.688. The van der Waals surface area contributed by atoms with Gasteiger partial charge >= 0.3 is 0 Å². The molecule has 0 heterocycles. The zero-order valence-electron chi connectivity index (χ0n) is 13.9. The Hall–Kier alpha value is -2.03. The molecule has 0 aromatic rings. The van der Waals surface area contributed by atoms with Crippen LogP contribution in [-0.4, -0.2) is 13.3 Å². The molecule has 0 aliphatic carbocycles. The van der Waals surface area contributed by atoms with Gasteiger partial charge in [0.15, 0.2) is 0 Å². The number of likely N-dealkylation sites (N-methyl/N-ethyl adjacent to an activating group) is 1. The number of carbonyl (C=O) groups is 1. The van der Waals surface area contributed by atoms with Crippen molar-refractivity contribution in [3.8, 4) is 0 Å². The number of allylic oxidation sites excluding steroid dienone is 8. The first kappa shape index (κ1) is 19.0. The van der Waals surface area contributed by atoms with Gasteiger partial charge in [-0.15, -0.1) is 0 Å². The van der Waals surface area contributed by atoms with Gasteiger partial charge in [-0.2, -0.15) is 0 Å². The zero-order chi connectivity index (χ0) is 16.3. The lowest BCUT2D eigenvalue weighted by Crippen LogP contribution is -2.14. The van der Waals surface area contributed by atoms with Crippen LogP contribution in [0.4, 0.5) is 0 Å². The van der Waals surface area contributed by atoms with Gasteiger partial charge in [-0.1, -0.05) is 36.8 Å². The summed E-state index contributed by atoms with van der Waals surface area (Å²) in [6.45, 7) is 8.01. The van der Waals surface area contributed by atoms with Crippen LogP contribution in [0.5, 0.6) is 0 Å². The van der Waals surface area contributed by atoms with Crippen LogP contribution in [0.2, 0.25) is 0 Å². The summed E-state index contributed by atoms with van der Waals surface area (Å²) in [4.78, 5) is 10.9. The maximum absolute atomic E-state index is 10.9. The number of hydrogen-bond donors (Lipinski definition) is 2. The molecule has 0 aromatic heterocycles. The van der Waals surface area contributed by atoms with Gasteiger partial charge in [0.1, 0.15) is 6.29 Å². The van der Waals surface area contributed by atoms with Crippen LogP contribution >= 0.6 is 0 Å². The Morgan fingerprint density at radius 3 is 2.38 bits per heavy atom. The topological polar surface area (TPSA) is 55.1 Å². The van der Waals surface area contributed by atoms with Crippen LogP contribution in [0.25, 0.3) is 0 Å². The summed E-state index contributed by atoms with van der Waals surface area (Å²) in [5, 5.41) is 3.11. The minimum atomic E-state index is 0.688. The van der Waals surface area contributed by atoms with Crippen LogP contribution in [0.1, 0.15) is 40.5 Å². The summed E-state index contributed by atoms with van der Waals surface area (Å²) in [5.74, 6) is 0. The molecule has 3 N–H and O–H groups in total. The van der Waals surface area contributed by atoms with Crippen LogP contribution < -0.4 is 11.1 Å². The molecule has 0 aliphatic heterocycles. The third-order valence-electron chi connectivity index (χ3n) is 3.00. The fourth-order valence-electron chi connectivity index (χ4n) is 1.90. The van der Waals surface area contributed by atoms with E-state index in [0.717, 1.165) is 35.2 Å². The highest BCUT2D eigenvalue weighted by molar-refractivity contribution is 5.77. The van der Waals surface area contributed by atoms with Crippen LogP contribution in [0.3, 0.4) is 0 Å². The van der Waals surface area contributed by atoms with E-state index < -0.39 is 0 Å². The number of rotatable bonds is 8. The van der Waals surface area contributed by atoms with Crippen molar-refractivity contribution in [2.45, 2.75) is 40.5 Å². The smallest absolute Gasteiger partial charge is 0.149 e. The van der Waals surface area contributed by atoms with E-state index in [1.54, 1.807) is 0 Å². The van der Waals surface area contributed by atoms with Crippen LogP contribution in [0, 0.1) is 0 Å². The van der Waals surface area contributed by atoms with Crippen molar-refractivity contribution in [3.05, 3.63) is 58.5 Å². The van der Waals surface area contributed by atoms with E-state index in [9.17, 15) is 4.79 Å². The van der Waals surface area contributed by atoms with Gasteiger partial charge < -0.3 is 11.1 Å². The second-order valence-electron chi connectivity index (χ2n) is 4.93. The third-order valence-corrected chi connectivity index (χ3v) is 3.00. The van der Waals surface area contributed by atoms with Crippen molar-refractivity contribution in [2.75, 3.05) is 7.05 Å². The van der Waals surface area contributed by atoms with Gasteiger partial charge in [0, 0.05) is 12.6 Å². The standard InChI is InChI=1S/C18H28N2O/c1-6-16(7-2)18(19)17(20-5)11-9-8-10-15(13-21)12-14(3)4/h6,9-13,20H,7-8,19H2,1-5H3/b11-9+,15-10+,16-6-,18-17-. The first-order chi connectivity index (χ1) is 9.99. The summed E-state index contributed by atoms with van der Waals surface area (Å²) in [6, 6.07) is 0. The quantitative estimate of drug-likeness (QED) is 0.406. The molecular weight excluding hydrogens is 260 g/mol. The Bertz CT molecular complexity index is 487. The van der Waals surface area contributed by atoms with Crippen molar-refractivity contribution in [3.63, 3.8) is 0 Å². The average molecular weight is 288 g/mol. The summed E-state index contributed by atoms with van der Waals surface area (Å²) in [6.07, 6.45) is 12.2. The summed E-state index contributed by atoms with van der Waals surface area (Å²) in [5.41, 5.74) is 10.7. The minimum Gasteiger partial charge on any atom is -0.397 e. The lowest BCUT2D eigenvalue weighted by atomic mass is 10.1. The third kappa shape index (κ3) is 7.35. The number of aldehydes is 1. The largest absolute Gasteiger partial charge is 0.397 e. The SMILES string of the molecule is C\C=C(CC)/C(N)=C(\C=C\C/C=C(/C=O)C=C(C)C)NC. The number of nitrogens with two attached hydrogens (primary N) is 1. The molecule has 3 nitrogen and oxygen atoms in total. The Balaban J connectivity index is 5.01. The van der Waals surface area contributed by atoms with Crippen LogP contribution in [0.15, 0.2) is 58.5 Å².